The molecule has 0 bridgehead atoms. The van der Waals surface area contributed by atoms with Crippen LogP contribution in [0.15, 0.2) is 48.9 Å². The molecule has 4 aromatic heterocycles. The lowest BCUT2D eigenvalue weighted by Crippen LogP contribution is -2.04. The third-order valence-corrected chi connectivity index (χ3v) is 5.63. The average Bonchev–Trinajstić information content (AvgIpc) is 3.34. The van der Waals surface area contributed by atoms with Crippen molar-refractivity contribution in [2.45, 2.75) is 20.4 Å². The number of hydrogen-bond donors (Lipinski definition) is 0. The van der Waals surface area contributed by atoms with Gasteiger partial charge in [0.05, 0.1) is 31.8 Å². The maximum absolute atomic E-state index is 5.43. The van der Waals surface area contributed by atoms with E-state index in [9.17, 15) is 0 Å². The molecule has 0 spiro atoms. The number of rotatable bonds is 5. The van der Waals surface area contributed by atoms with Gasteiger partial charge >= 0.3 is 0 Å². The Morgan fingerprint density at radius 1 is 0.935 bits per heavy atom. The Labute approximate surface area is 179 Å². The summed E-state index contributed by atoms with van der Waals surface area (Å²) in [4.78, 5) is 14.0. The molecule has 0 aliphatic rings. The van der Waals surface area contributed by atoms with Gasteiger partial charge in [-0.3, -0.25) is 4.98 Å². The van der Waals surface area contributed by atoms with Gasteiger partial charge in [0.25, 0.3) is 0 Å². The molecule has 0 fully saturated rings. The van der Waals surface area contributed by atoms with Crippen LogP contribution in [0.2, 0.25) is 0 Å². The molecule has 1 aromatic carbocycles. The summed E-state index contributed by atoms with van der Waals surface area (Å²) in [5.74, 6) is 1.90. The minimum Gasteiger partial charge on any atom is -0.493 e. The van der Waals surface area contributed by atoms with Gasteiger partial charge in [-0.2, -0.15) is 0 Å². The van der Waals surface area contributed by atoms with E-state index in [4.69, 9.17) is 19.4 Å². The predicted molar refractivity (Wildman–Crippen MR) is 118 cm³/mol. The molecule has 8 heteroatoms. The Hall–Kier alpha value is -3.94. The van der Waals surface area contributed by atoms with Gasteiger partial charge in [-0.15, -0.1) is 5.10 Å². The molecular weight excluding hydrogens is 392 g/mol. The standard InChI is InChI=1S/C23H22N6O2/c1-14-15(2)28(12-17-7-5-6-10-24-17)22-20(14)23-26-21(27-29(23)13-25-22)16-8-9-18(30-3)19(11-16)31-4/h5-11,13H,12H2,1-4H3. The SMILES string of the molecule is COc1ccc(-c2nc3c4c(C)c(C)n(Cc5ccccn5)c4ncn3n2)cc1OC. The molecule has 0 N–H and O–H groups in total. The fourth-order valence-electron chi connectivity index (χ4n) is 3.88. The summed E-state index contributed by atoms with van der Waals surface area (Å²) in [5, 5.41) is 5.65. The zero-order chi connectivity index (χ0) is 21.5. The molecule has 4 heterocycles. The molecule has 5 rings (SSSR count). The Morgan fingerprint density at radius 2 is 1.77 bits per heavy atom. The number of benzene rings is 1. The monoisotopic (exact) mass is 414 g/mol. The molecule has 31 heavy (non-hydrogen) atoms. The van der Waals surface area contributed by atoms with Gasteiger partial charge in [-0.25, -0.2) is 14.5 Å². The van der Waals surface area contributed by atoms with Crippen molar-refractivity contribution >= 4 is 16.7 Å². The van der Waals surface area contributed by atoms with E-state index >= 15 is 0 Å². The van der Waals surface area contributed by atoms with E-state index in [-0.39, 0.29) is 0 Å². The fraction of sp³-hybridized carbons (Fsp3) is 0.217. The number of nitrogens with zero attached hydrogens (tertiary/aromatic N) is 6. The Morgan fingerprint density at radius 3 is 2.52 bits per heavy atom. The van der Waals surface area contributed by atoms with E-state index in [0.717, 1.165) is 39.2 Å². The Bertz CT molecular complexity index is 1400. The second kappa shape index (κ2) is 7.39. The lowest BCUT2D eigenvalue weighted by atomic mass is 10.2. The summed E-state index contributed by atoms with van der Waals surface area (Å²) in [6, 6.07) is 11.6. The first-order chi connectivity index (χ1) is 15.1. The minimum atomic E-state index is 0.602. The zero-order valence-corrected chi connectivity index (χ0v) is 17.8. The van der Waals surface area contributed by atoms with Gasteiger partial charge in [0.15, 0.2) is 23.0 Å². The molecular formula is C23H22N6O2. The highest BCUT2D eigenvalue weighted by Crippen LogP contribution is 2.33. The topological polar surface area (TPSA) is 79.4 Å². The van der Waals surface area contributed by atoms with Crippen molar-refractivity contribution in [3.63, 3.8) is 0 Å². The van der Waals surface area contributed by atoms with Crippen LogP contribution in [0.25, 0.3) is 28.1 Å². The highest BCUT2D eigenvalue weighted by Gasteiger charge is 2.19. The first-order valence-electron chi connectivity index (χ1n) is 9.93. The average molecular weight is 414 g/mol. The third kappa shape index (κ3) is 3.07. The van der Waals surface area contributed by atoms with Gasteiger partial charge in [0.1, 0.15) is 12.0 Å². The van der Waals surface area contributed by atoms with Crippen LogP contribution in [0.5, 0.6) is 11.5 Å². The van der Waals surface area contributed by atoms with Crippen LogP contribution < -0.4 is 9.47 Å². The molecule has 0 unspecified atom stereocenters. The van der Waals surface area contributed by atoms with Gasteiger partial charge < -0.3 is 14.0 Å². The molecule has 0 radical (unpaired) electrons. The molecule has 0 atom stereocenters. The van der Waals surface area contributed by atoms with Crippen LogP contribution in [-0.2, 0) is 6.54 Å². The predicted octanol–water partition coefficient (Wildman–Crippen LogP) is 3.82. The summed E-state index contributed by atoms with van der Waals surface area (Å²) < 4.78 is 14.7. The number of hydrogen-bond acceptors (Lipinski definition) is 6. The van der Waals surface area contributed by atoms with E-state index in [1.165, 1.54) is 0 Å². The second-order valence-corrected chi connectivity index (χ2v) is 7.33. The Kier molecular flexibility index (Phi) is 4.54. The molecule has 0 aliphatic heterocycles. The molecule has 0 aliphatic carbocycles. The van der Waals surface area contributed by atoms with Crippen molar-refractivity contribution in [1.82, 2.24) is 29.1 Å². The van der Waals surface area contributed by atoms with E-state index < -0.39 is 0 Å². The lowest BCUT2D eigenvalue weighted by Gasteiger charge is -2.07. The van der Waals surface area contributed by atoms with Gasteiger partial charge in [-0.1, -0.05) is 6.07 Å². The maximum Gasteiger partial charge on any atom is 0.182 e. The van der Waals surface area contributed by atoms with E-state index in [1.54, 1.807) is 25.1 Å². The van der Waals surface area contributed by atoms with Crippen molar-refractivity contribution in [3.8, 4) is 22.9 Å². The molecule has 0 saturated heterocycles. The zero-order valence-electron chi connectivity index (χ0n) is 17.8. The molecule has 0 amide bonds. The number of aryl methyl sites for hydroxylation is 1. The van der Waals surface area contributed by atoms with Crippen LogP contribution in [0.4, 0.5) is 0 Å². The van der Waals surface area contributed by atoms with E-state index in [2.05, 4.69) is 28.5 Å². The van der Waals surface area contributed by atoms with Crippen molar-refractivity contribution < 1.29 is 9.47 Å². The highest BCUT2D eigenvalue weighted by atomic mass is 16.5. The second-order valence-electron chi connectivity index (χ2n) is 7.33. The van der Waals surface area contributed by atoms with Crippen LogP contribution >= 0.6 is 0 Å². The number of pyridine rings is 1. The summed E-state index contributed by atoms with van der Waals surface area (Å²) in [6.07, 6.45) is 3.52. The smallest absolute Gasteiger partial charge is 0.182 e. The first kappa shape index (κ1) is 19.0. The largest absolute Gasteiger partial charge is 0.493 e. The molecule has 0 saturated carbocycles. The van der Waals surface area contributed by atoms with Gasteiger partial charge in [-0.05, 0) is 49.7 Å². The Balaban J connectivity index is 1.66. The summed E-state index contributed by atoms with van der Waals surface area (Å²) in [5.41, 5.74) is 5.75. The van der Waals surface area contributed by atoms with Crippen LogP contribution in [-0.4, -0.2) is 43.4 Å². The molecule has 156 valence electrons. The number of ether oxygens (including phenoxy) is 2. The quantitative estimate of drug-likeness (QED) is 0.435. The van der Waals surface area contributed by atoms with E-state index in [1.807, 2.05) is 42.6 Å². The van der Waals surface area contributed by atoms with Crippen LogP contribution in [0.1, 0.15) is 17.0 Å². The van der Waals surface area contributed by atoms with Crippen LogP contribution in [0.3, 0.4) is 0 Å². The summed E-state index contributed by atoms with van der Waals surface area (Å²) in [6.45, 7) is 4.85. The van der Waals surface area contributed by atoms with Crippen molar-refractivity contribution in [2.24, 2.45) is 0 Å². The normalized spacial score (nSPS) is 11.4. The summed E-state index contributed by atoms with van der Waals surface area (Å²) >= 11 is 0. The van der Waals surface area contributed by atoms with E-state index in [0.29, 0.717) is 23.9 Å². The number of fused-ring (bicyclic) bond motifs is 3. The summed E-state index contributed by atoms with van der Waals surface area (Å²) in [7, 11) is 3.23. The van der Waals surface area contributed by atoms with Crippen molar-refractivity contribution in [2.75, 3.05) is 14.2 Å². The lowest BCUT2D eigenvalue weighted by molar-refractivity contribution is 0.355. The van der Waals surface area contributed by atoms with Crippen molar-refractivity contribution in [3.05, 3.63) is 65.9 Å². The number of aromatic nitrogens is 6. The maximum atomic E-state index is 5.43. The number of methoxy groups -OCH3 is 2. The van der Waals surface area contributed by atoms with Crippen molar-refractivity contribution in [1.29, 1.82) is 0 Å². The fourth-order valence-corrected chi connectivity index (χ4v) is 3.88. The van der Waals surface area contributed by atoms with Gasteiger partial charge in [0.2, 0.25) is 0 Å². The highest BCUT2D eigenvalue weighted by molar-refractivity contribution is 5.94. The first-order valence-corrected chi connectivity index (χ1v) is 9.93. The minimum absolute atomic E-state index is 0.602. The van der Waals surface area contributed by atoms with Gasteiger partial charge in [0, 0.05) is 17.5 Å². The molecule has 5 aromatic rings. The third-order valence-electron chi connectivity index (χ3n) is 5.63. The molecule has 8 nitrogen and oxygen atoms in total. The van der Waals surface area contributed by atoms with Crippen LogP contribution in [0, 0.1) is 13.8 Å².